The number of halogens is 3. The largest absolute Gasteiger partial charge is 0.490 e. The fraction of sp³-hybridized carbons (Fsp3) is 0.500. The van der Waals surface area contributed by atoms with Gasteiger partial charge in [0, 0.05) is 12.3 Å². The monoisotopic (exact) mass is 417 g/mol. The van der Waals surface area contributed by atoms with Crippen LogP contribution in [-0.2, 0) is 11.0 Å². The molecule has 2 unspecified atom stereocenters. The zero-order valence-electron chi connectivity index (χ0n) is 16.3. The Morgan fingerprint density at radius 3 is 2.50 bits per heavy atom. The van der Waals surface area contributed by atoms with E-state index in [-0.39, 0.29) is 23.8 Å². The van der Waals surface area contributed by atoms with Crippen LogP contribution in [0.15, 0.2) is 35.0 Å². The van der Waals surface area contributed by atoms with Crippen molar-refractivity contribution in [3.63, 3.8) is 0 Å². The minimum atomic E-state index is -4.60. The number of nitrogens with one attached hydrogen (secondary N) is 1. The van der Waals surface area contributed by atoms with Gasteiger partial charge >= 0.3 is 6.18 Å². The number of fused-ring (bicyclic) bond motifs is 1. The van der Waals surface area contributed by atoms with Crippen LogP contribution >= 0.6 is 0 Å². The van der Waals surface area contributed by atoms with Gasteiger partial charge in [-0.25, -0.2) is 0 Å². The third kappa shape index (κ3) is 4.35. The van der Waals surface area contributed by atoms with E-state index in [2.05, 4.69) is 10.3 Å². The Hall–Kier alpha value is -2.82. The van der Waals surface area contributed by atoms with Crippen LogP contribution in [0.2, 0.25) is 0 Å². The van der Waals surface area contributed by atoms with Gasteiger partial charge in [-0.1, -0.05) is 6.08 Å². The Morgan fingerprint density at radius 2 is 1.90 bits per heavy atom. The molecule has 158 valence electrons. The van der Waals surface area contributed by atoms with Crippen molar-refractivity contribution >= 4 is 12.1 Å². The first-order chi connectivity index (χ1) is 14.3. The van der Waals surface area contributed by atoms with E-state index in [1.54, 1.807) is 12.3 Å². The number of carbonyl (C=O) groups excluding carboxylic acids is 1. The number of benzene rings is 1. The molecule has 30 heavy (non-hydrogen) atoms. The summed E-state index contributed by atoms with van der Waals surface area (Å²) in [6.45, 7) is 0. The molecule has 2 atom stereocenters. The standard InChI is InChI=1S/C22H22F3N3O2/c23-22(24,25)19-11-17(5-4-13(19)12-26)30-18-9-14-7-16(8-15(14)10-18)28-21(29)20-3-1-2-6-27-20/h3-6,11,14-16,18H,1-2,7-10H2,(H,28,29). The predicted octanol–water partition coefficient (Wildman–Crippen LogP) is 4.38. The van der Waals surface area contributed by atoms with Crippen molar-refractivity contribution in [1.82, 2.24) is 5.32 Å². The molecular formula is C22H22F3N3O2. The number of allylic oxidation sites excluding steroid dienone is 1. The fourth-order valence-electron chi connectivity index (χ4n) is 4.82. The molecule has 0 aromatic heterocycles. The molecule has 4 rings (SSSR count). The summed E-state index contributed by atoms with van der Waals surface area (Å²) >= 11 is 0. The SMILES string of the molecule is N#Cc1ccc(OC2CC3CC(NC(=O)C4=CCCC=N4)CC3C2)cc1C(F)(F)F. The number of carbonyl (C=O) groups is 1. The molecule has 0 radical (unpaired) electrons. The van der Waals surface area contributed by atoms with Crippen LogP contribution in [0.4, 0.5) is 13.2 Å². The van der Waals surface area contributed by atoms with Crippen molar-refractivity contribution in [2.45, 2.75) is 56.8 Å². The molecule has 2 aliphatic carbocycles. The lowest BCUT2D eigenvalue weighted by atomic mass is 10.0. The number of amides is 1. The minimum absolute atomic E-state index is 0.0956. The lowest BCUT2D eigenvalue weighted by Gasteiger charge is -2.19. The Balaban J connectivity index is 1.33. The van der Waals surface area contributed by atoms with Crippen molar-refractivity contribution in [2.75, 3.05) is 0 Å². The van der Waals surface area contributed by atoms with Crippen molar-refractivity contribution < 1.29 is 22.7 Å². The summed E-state index contributed by atoms with van der Waals surface area (Å²) in [5.41, 5.74) is -0.905. The second-order valence-corrected chi connectivity index (χ2v) is 8.17. The Labute approximate surface area is 172 Å². The number of aliphatic imine (C=N–C) groups is 1. The zero-order chi connectivity index (χ0) is 21.3. The van der Waals surface area contributed by atoms with E-state index in [0.29, 0.717) is 17.5 Å². The highest BCUT2D eigenvalue weighted by Crippen LogP contribution is 2.45. The van der Waals surface area contributed by atoms with Crippen LogP contribution in [-0.4, -0.2) is 24.3 Å². The van der Waals surface area contributed by atoms with Crippen LogP contribution in [0.1, 0.15) is 49.7 Å². The predicted molar refractivity (Wildman–Crippen MR) is 104 cm³/mol. The van der Waals surface area contributed by atoms with Crippen molar-refractivity contribution in [3.05, 3.63) is 41.1 Å². The summed E-state index contributed by atoms with van der Waals surface area (Å²) in [6.07, 6.45) is 3.72. The highest BCUT2D eigenvalue weighted by Gasteiger charge is 2.43. The summed E-state index contributed by atoms with van der Waals surface area (Å²) < 4.78 is 45.3. The highest BCUT2D eigenvalue weighted by molar-refractivity contribution is 5.95. The van der Waals surface area contributed by atoms with E-state index in [1.165, 1.54) is 6.07 Å². The number of rotatable bonds is 4. The number of hydrogen-bond acceptors (Lipinski definition) is 4. The molecule has 1 aromatic carbocycles. The topological polar surface area (TPSA) is 74.5 Å². The van der Waals surface area contributed by atoms with Gasteiger partial charge in [-0.2, -0.15) is 18.4 Å². The molecule has 1 heterocycles. The second kappa shape index (κ2) is 8.13. The average Bonchev–Trinajstić information content (AvgIpc) is 3.25. The average molecular weight is 417 g/mol. The highest BCUT2D eigenvalue weighted by atomic mass is 19.4. The Bertz CT molecular complexity index is 919. The first-order valence-corrected chi connectivity index (χ1v) is 10.1. The Morgan fingerprint density at radius 1 is 1.17 bits per heavy atom. The van der Waals surface area contributed by atoms with Gasteiger partial charge in [-0.3, -0.25) is 9.79 Å². The molecular weight excluding hydrogens is 395 g/mol. The van der Waals surface area contributed by atoms with Gasteiger partial charge in [0.05, 0.1) is 23.3 Å². The molecule has 3 aliphatic rings. The molecule has 8 heteroatoms. The van der Waals surface area contributed by atoms with Gasteiger partial charge in [0.15, 0.2) is 0 Å². The maximum Gasteiger partial charge on any atom is 0.417 e. The van der Waals surface area contributed by atoms with Gasteiger partial charge in [-0.05, 0) is 68.6 Å². The van der Waals surface area contributed by atoms with E-state index >= 15 is 0 Å². The van der Waals surface area contributed by atoms with Crippen molar-refractivity contribution in [3.8, 4) is 11.8 Å². The molecule has 0 spiro atoms. The van der Waals surface area contributed by atoms with Gasteiger partial charge in [0.1, 0.15) is 11.4 Å². The summed E-state index contributed by atoms with van der Waals surface area (Å²) in [5, 5.41) is 12.0. The van der Waals surface area contributed by atoms with Crippen LogP contribution in [0.3, 0.4) is 0 Å². The van der Waals surface area contributed by atoms with Crippen molar-refractivity contribution in [2.24, 2.45) is 16.8 Å². The van der Waals surface area contributed by atoms with Gasteiger partial charge < -0.3 is 10.1 Å². The lowest BCUT2D eigenvalue weighted by Crippen LogP contribution is -2.34. The third-order valence-corrected chi connectivity index (χ3v) is 6.12. The number of ether oxygens (including phenoxy) is 1. The molecule has 0 saturated heterocycles. The lowest BCUT2D eigenvalue weighted by molar-refractivity contribution is -0.138. The van der Waals surface area contributed by atoms with E-state index in [0.717, 1.165) is 50.7 Å². The maximum absolute atomic E-state index is 13.1. The number of hydrogen-bond donors (Lipinski definition) is 1. The number of alkyl halides is 3. The molecule has 2 saturated carbocycles. The van der Waals surface area contributed by atoms with Gasteiger partial charge in [0.25, 0.3) is 5.91 Å². The van der Waals surface area contributed by atoms with E-state index < -0.39 is 17.3 Å². The molecule has 0 bridgehead atoms. The van der Waals surface area contributed by atoms with Crippen LogP contribution in [0.25, 0.3) is 0 Å². The molecule has 1 aliphatic heterocycles. The summed E-state index contributed by atoms with van der Waals surface area (Å²) in [7, 11) is 0. The first-order valence-electron chi connectivity index (χ1n) is 10.1. The number of nitriles is 1. The summed E-state index contributed by atoms with van der Waals surface area (Å²) in [4.78, 5) is 16.5. The molecule has 5 nitrogen and oxygen atoms in total. The quantitative estimate of drug-likeness (QED) is 0.790. The van der Waals surface area contributed by atoms with E-state index in [9.17, 15) is 18.0 Å². The van der Waals surface area contributed by atoms with Crippen LogP contribution in [0, 0.1) is 23.2 Å². The van der Waals surface area contributed by atoms with E-state index in [4.69, 9.17) is 10.00 Å². The third-order valence-electron chi connectivity index (χ3n) is 6.12. The summed E-state index contributed by atoms with van der Waals surface area (Å²) in [6, 6.07) is 5.16. The number of nitrogens with zero attached hydrogens (tertiary/aromatic N) is 2. The smallest absolute Gasteiger partial charge is 0.417 e. The van der Waals surface area contributed by atoms with Gasteiger partial charge in [0.2, 0.25) is 0 Å². The maximum atomic E-state index is 13.1. The second-order valence-electron chi connectivity index (χ2n) is 8.17. The molecule has 1 aromatic rings. The fourth-order valence-corrected chi connectivity index (χ4v) is 4.82. The molecule has 2 fully saturated rings. The van der Waals surface area contributed by atoms with Crippen LogP contribution in [0.5, 0.6) is 5.75 Å². The summed E-state index contributed by atoms with van der Waals surface area (Å²) in [5.74, 6) is 0.758. The minimum Gasteiger partial charge on any atom is -0.490 e. The van der Waals surface area contributed by atoms with Crippen molar-refractivity contribution in [1.29, 1.82) is 5.26 Å². The molecule has 1 amide bonds. The van der Waals surface area contributed by atoms with E-state index in [1.807, 2.05) is 6.08 Å². The Kier molecular flexibility index (Phi) is 5.54. The van der Waals surface area contributed by atoms with Gasteiger partial charge in [-0.15, -0.1) is 0 Å². The van der Waals surface area contributed by atoms with Crippen LogP contribution < -0.4 is 10.1 Å². The first kappa shape index (κ1) is 20.5. The zero-order valence-corrected chi connectivity index (χ0v) is 16.3. The molecule has 1 N–H and O–H groups in total. The normalized spacial score (nSPS) is 27.9.